The second-order valence-electron chi connectivity index (χ2n) is 1.05. The summed E-state index contributed by atoms with van der Waals surface area (Å²) in [5.74, 6) is 0. The van der Waals surface area contributed by atoms with Gasteiger partial charge in [0, 0.05) is 0 Å². The average molecular weight is 90.1 g/mol. The van der Waals surface area contributed by atoms with Crippen molar-refractivity contribution in [1.82, 2.24) is 0 Å². The van der Waals surface area contributed by atoms with Crippen LogP contribution in [0.2, 0.25) is 0 Å². The molecule has 0 aliphatic carbocycles. The van der Waals surface area contributed by atoms with Crippen molar-refractivity contribution < 1.29 is 12.2 Å². The quantitative estimate of drug-likeness (QED) is 0.418. The van der Waals surface area contributed by atoms with Crippen LogP contribution >= 0.6 is 0 Å². The molecular formula is C4H8O2. The third kappa shape index (κ3) is 0.954. The zero-order valence-electron chi connectivity index (χ0n) is 5.44. The van der Waals surface area contributed by atoms with Crippen LogP contribution in [0, 0.1) is 0 Å². The van der Waals surface area contributed by atoms with Gasteiger partial charge in [-0.25, -0.2) is 0 Å². The highest BCUT2D eigenvalue weighted by Gasteiger charge is 1.94. The van der Waals surface area contributed by atoms with Crippen molar-refractivity contribution in [3.63, 3.8) is 0 Å². The first-order valence-electron chi connectivity index (χ1n) is 2.92. The van der Waals surface area contributed by atoms with Gasteiger partial charge >= 0.3 is 0 Å². The Morgan fingerprint density at radius 2 is 2.00 bits per heavy atom. The molecule has 1 fully saturated rings. The molecule has 1 aliphatic heterocycles. The van der Waals surface area contributed by atoms with Gasteiger partial charge in [0.25, 0.3) is 0 Å². The zero-order valence-corrected chi connectivity index (χ0v) is 3.44. The molecule has 1 aliphatic rings. The molecule has 0 atom stereocenters. The van der Waals surface area contributed by atoms with Gasteiger partial charge in [0.2, 0.25) is 0 Å². The van der Waals surface area contributed by atoms with Gasteiger partial charge in [0.1, 0.15) is 0 Å². The third-order valence-corrected chi connectivity index (χ3v) is 0.593. The van der Waals surface area contributed by atoms with Crippen molar-refractivity contribution in [3.05, 3.63) is 0 Å². The van der Waals surface area contributed by atoms with Crippen LogP contribution in [0.25, 0.3) is 0 Å². The summed E-state index contributed by atoms with van der Waals surface area (Å²) in [5, 5.41) is 0. The first-order chi connectivity index (χ1) is 3.71. The highest BCUT2D eigenvalue weighted by molar-refractivity contribution is 4.37. The number of rotatable bonds is 0. The van der Waals surface area contributed by atoms with Crippen LogP contribution < -0.4 is 0 Å². The molecule has 36 valence electrons. The van der Waals surface area contributed by atoms with E-state index in [0.29, 0.717) is 13.2 Å². The molecule has 0 saturated carbocycles. The van der Waals surface area contributed by atoms with Crippen LogP contribution in [-0.4, -0.2) is 26.4 Å². The van der Waals surface area contributed by atoms with Gasteiger partial charge in [-0.15, -0.1) is 0 Å². The van der Waals surface area contributed by atoms with E-state index in [9.17, 15) is 0 Å². The molecule has 0 radical (unpaired) electrons. The highest BCUT2D eigenvalue weighted by Crippen LogP contribution is 1.85. The van der Waals surface area contributed by atoms with Crippen LogP contribution in [0.3, 0.4) is 0 Å². The molecule has 0 bridgehead atoms. The van der Waals surface area contributed by atoms with Gasteiger partial charge in [-0.3, -0.25) is 0 Å². The Hall–Kier alpha value is -0.0800. The normalized spacial score (nSPS) is 37.3. The molecule has 1 rings (SSSR count). The maximum atomic E-state index is 6.95. The lowest BCUT2D eigenvalue weighted by Gasteiger charge is -2.09. The van der Waals surface area contributed by atoms with Crippen molar-refractivity contribution in [3.8, 4) is 0 Å². The van der Waals surface area contributed by atoms with E-state index in [2.05, 4.69) is 4.74 Å². The molecule has 0 aromatic heterocycles. The summed E-state index contributed by atoms with van der Waals surface area (Å²) in [6, 6.07) is 0. The Kier molecular flexibility index (Phi) is 0.821. The van der Waals surface area contributed by atoms with E-state index in [4.69, 9.17) is 7.48 Å². The molecule has 0 aromatic carbocycles. The molecular weight excluding hydrogens is 80.0 g/mol. The van der Waals surface area contributed by atoms with E-state index in [-0.39, 0.29) is 6.61 Å². The molecule has 0 aromatic rings. The molecule has 0 spiro atoms. The van der Waals surface area contributed by atoms with E-state index in [1.807, 2.05) is 0 Å². The van der Waals surface area contributed by atoms with E-state index in [1.165, 1.54) is 0 Å². The predicted molar refractivity (Wildman–Crippen MR) is 21.6 cm³/mol. The van der Waals surface area contributed by atoms with Crippen molar-refractivity contribution >= 4 is 0 Å². The molecule has 6 heavy (non-hydrogen) atoms. The number of ether oxygens (including phenoxy) is 2. The molecule has 2 heteroatoms. The van der Waals surface area contributed by atoms with Gasteiger partial charge in [0.15, 0.2) is 0 Å². The molecule has 2 nitrogen and oxygen atoms in total. The molecule has 1 saturated heterocycles. The fourth-order valence-electron chi connectivity index (χ4n) is 0.328. The van der Waals surface area contributed by atoms with E-state index < -0.39 is 6.56 Å². The maximum Gasteiger partial charge on any atom is 0.0701 e. The summed E-state index contributed by atoms with van der Waals surface area (Å²) in [6.45, 7) is -0.599. The standard InChI is InChI=1S/C4H8O2/c1-2-6-4-3-5-1/h1-4H2/i1D2. The predicted octanol–water partition coefficient (Wildman–Crippen LogP) is 0.0332. The lowest BCUT2D eigenvalue weighted by atomic mass is 10.6. The van der Waals surface area contributed by atoms with Crippen LogP contribution in [0.15, 0.2) is 0 Å². The summed E-state index contributed by atoms with van der Waals surface area (Å²) >= 11 is 0. The van der Waals surface area contributed by atoms with Gasteiger partial charge < -0.3 is 9.47 Å². The van der Waals surface area contributed by atoms with Crippen molar-refractivity contribution in [1.29, 1.82) is 0 Å². The summed E-state index contributed by atoms with van der Waals surface area (Å²) in [7, 11) is 0. The fourth-order valence-corrected chi connectivity index (χ4v) is 0.328. The van der Waals surface area contributed by atoms with Crippen molar-refractivity contribution in [2.75, 3.05) is 26.4 Å². The summed E-state index contributed by atoms with van der Waals surface area (Å²) in [6.07, 6.45) is 0. The SMILES string of the molecule is [2H]C1([2H])COCCO1. The van der Waals surface area contributed by atoms with Crippen LogP contribution in [0.5, 0.6) is 0 Å². The van der Waals surface area contributed by atoms with Gasteiger partial charge in [0.05, 0.1) is 29.1 Å². The van der Waals surface area contributed by atoms with Gasteiger partial charge in [-0.1, -0.05) is 0 Å². The van der Waals surface area contributed by atoms with Gasteiger partial charge in [-0.05, 0) is 0 Å². The fraction of sp³-hybridized carbons (Fsp3) is 1.00. The summed E-state index contributed by atoms with van der Waals surface area (Å²) in [4.78, 5) is 0. The molecule has 0 N–H and O–H groups in total. The summed E-state index contributed by atoms with van der Waals surface area (Å²) < 4.78 is 23.3. The minimum Gasteiger partial charge on any atom is -0.377 e. The topological polar surface area (TPSA) is 18.5 Å². The maximum absolute atomic E-state index is 6.95. The summed E-state index contributed by atoms with van der Waals surface area (Å²) in [5.41, 5.74) is 0. The Bertz CT molecular complexity index is 76.1. The van der Waals surface area contributed by atoms with E-state index in [1.54, 1.807) is 0 Å². The smallest absolute Gasteiger partial charge is 0.0701 e. The Labute approximate surface area is 39.9 Å². The van der Waals surface area contributed by atoms with Crippen LogP contribution in [0.4, 0.5) is 0 Å². The van der Waals surface area contributed by atoms with Crippen LogP contribution in [-0.2, 0) is 9.47 Å². The Balaban J connectivity index is 2.33. The first-order valence-corrected chi connectivity index (χ1v) is 1.92. The zero-order chi connectivity index (χ0) is 6.04. The minimum atomic E-state index is -1.54. The average Bonchev–Trinajstić information content (AvgIpc) is 1.65. The van der Waals surface area contributed by atoms with Crippen molar-refractivity contribution in [2.24, 2.45) is 0 Å². The highest BCUT2D eigenvalue weighted by atomic mass is 16.6. The third-order valence-electron chi connectivity index (χ3n) is 0.593. The first kappa shape index (κ1) is 2.28. The second kappa shape index (κ2) is 2.16. The van der Waals surface area contributed by atoms with Crippen molar-refractivity contribution in [2.45, 2.75) is 0 Å². The second-order valence-corrected chi connectivity index (χ2v) is 1.05. The molecule has 1 heterocycles. The van der Waals surface area contributed by atoms with E-state index in [0.717, 1.165) is 0 Å². The number of hydrogen-bond donors (Lipinski definition) is 0. The largest absolute Gasteiger partial charge is 0.377 e. The minimum absolute atomic E-state index is 0.0625. The van der Waals surface area contributed by atoms with Crippen LogP contribution in [0.1, 0.15) is 2.74 Å². The monoisotopic (exact) mass is 90.1 g/mol. The lowest BCUT2D eigenvalue weighted by molar-refractivity contribution is -0.0334. The molecule has 0 unspecified atom stereocenters. The van der Waals surface area contributed by atoms with Gasteiger partial charge in [-0.2, -0.15) is 0 Å². The van der Waals surface area contributed by atoms with E-state index >= 15 is 0 Å². The lowest BCUT2D eigenvalue weighted by Crippen LogP contribution is -2.16. The Morgan fingerprint density at radius 1 is 1.17 bits per heavy atom. The Morgan fingerprint density at radius 3 is 2.33 bits per heavy atom. The number of hydrogen-bond acceptors (Lipinski definition) is 2. The molecule has 0 amide bonds.